The van der Waals surface area contributed by atoms with E-state index in [-0.39, 0.29) is 5.91 Å². The van der Waals surface area contributed by atoms with Crippen molar-refractivity contribution in [2.24, 2.45) is 11.7 Å². The minimum atomic E-state index is -0.439. The smallest absolute Gasteiger partial charge is 0.239 e. The summed E-state index contributed by atoms with van der Waals surface area (Å²) in [7, 11) is 0. The second kappa shape index (κ2) is 10.1. The van der Waals surface area contributed by atoms with Crippen molar-refractivity contribution in [3.05, 3.63) is 0 Å². The van der Waals surface area contributed by atoms with Crippen molar-refractivity contribution in [2.45, 2.75) is 26.3 Å². The van der Waals surface area contributed by atoms with Crippen LogP contribution in [0.15, 0.2) is 0 Å². The van der Waals surface area contributed by atoms with Crippen molar-refractivity contribution < 1.29 is 19.0 Å². The molecule has 6 heteroatoms. The molecule has 1 saturated heterocycles. The molecule has 1 atom stereocenters. The van der Waals surface area contributed by atoms with Crippen LogP contribution in [0, 0.1) is 5.92 Å². The van der Waals surface area contributed by atoms with Crippen LogP contribution in [0.25, 0.3) is 0 Å². The lowest BCUT2D eigenvalue weighted by Crippen LogP contribution is -2.47. The van der Waals surface area contributed by atoms with Crippen molar-refractivity contribution in [1.82, 2.24) is 4.90 Å². The molecule has 118 valence electrons. The second-order valence-corrected chi connectivity index (χ2v) is 5.40. The maximum absolute atomic E-state index is 12.3. The van der Waals surface area contributed by atoms with Crippen molar-refractivity contribution in [2.75, 3.05) is 52.7 Å². The molecule has 1 aliphatic heterocycles. The molecular formula is C14H28N2O4. The maximum Gasteiger partial charge on any atom is 0.239 e. The first kappa shape index (κ1) is 17.4. The van der Waals surface area contributed by atoms with Gasteiger partial charge in [-0.2, -0.15) is 0 Å². The molecule has 1 fully saturated rings. The predicted molar refractivity (Wildman–Crippen MR) is 76.5 cm³/mol. The fourth-order valence-electron chi connectivity index (χ4n) is 2.07. The Labute approximate surface area is 121 Å². The Kier molecular flexibility index (Phi) is 8.77. The van der Waals surface area contributed by atoms with Crippen LogP contribution in [0.4, 0.5) is 0 Å². The van der Waals surface area contributed by atoms with Gasteiger partial charge in [-0.3, -0.25) is 4.79 Å². The summed E-state index contributed by atoms with van der Waals surface area (Å²) in [6.07, 6.45) is 0.699. The van der Waals surface area contributed by atoms with Gasteiger partial charge in [-0.25, -0.2) is 0 Å². The number of rotatable bonds is 3. The minimum absolute atomic E-state index is 0.0146. The third-order valence-corrected chi connectivity index (χ3v) is 3.11. The largest absolute Gasteiger partial charge is 0.377 e. The van der Waals surface area contributed by atoms with Crippen LogP contribution in [-0.4, -0.2) is 69.6 Å². The van der Waals surface area contributed by atoms with Gasteiger partial charge in [-0.15, -0.1) is 0 Å². The van der Waals surface area contributed by atoms with Crippen molar-refractivity contribution in [3.63, 3.8) is 0 Å². The van der Waals surface area contributed by atoms with Gasteiger partial charge in [-0.1, -0.05) is 13.8 Å². The van der Waals surface area contributed by atoms with E-state index in [2.05, 4.69) is 13.8 Å². The first-order valence-corrected chi connectivity index (χ1v) is 7.39. The molecule has 0 saturated carbocycles. The van der Waals surface area contributed by atoms with Gasteiger partial charge >= 0.3 is 0 Å². The average Bonchev–Trinajstić information content (AvgIpc) is 2.38. The lowest BCUT2D eigenvalue weighted by Gasteiger charge is -2.26. The molecule has 0 unspecified atom stereocenters. The number of nitrogens with zero attached hydrogens (tertiary/aromatic N) is 1. The highest BCUT2D eigenvalue weighted by molar-refractivity contribution is 5.81. The number of carbonyl (C=O) groups is 1. The molecule has 0 aliphatic carbocycles. The molecule has 2 N–H and O–H groups in total. The molecule has 1 heterocycles. The average molecular weight is 288 g/mol. The fourth-order valence-corrected chi connectivity index (χ4v) is 2.07. The van der Waals surface area contributed by atoms with E-state index in [1.54, 1.807) is 4.90 Å². The van der Waals surface area contributed by atoms with Crippen LogP contribution in [0.5, 0.6) is 0 Å². The molecule has 1 rings (SSSR count). The van der Waals surface area contributed by atoms with E-state index in [1.807, 2.05) is 0 Å². The Hall–Kier alpha value is -0.690. The number of ether oxygens (including phenoxy) is 3. The van der Waals surface area contributed by atoms with Crippen molar-refractivity contribution in [3.8, 4) is 0 Å². The molecule has 20 heavy (non-hydrogen) atoms. The zero-order valence-electron chi connectivity index (χ0n) is 12.7. The van der Waals surface area contributed by atoms with Crippen LogP contribution in [0.2, 0.25) is 0 Å². The van der Waals surface area contributed by atoms with Gasteiger partial charge in [0.25, 0.3) is 0 Å². The van der Waals surface area contributed by atoms with Crippen LogP contribution >= 0.6 is 0 Å². The Bertz CT molecular complexity index is 262. The first-order valence-electron chi connectivity index (χ1n) is 7.39. The van der Waals surface area contributed by atoms with Crippen molar-refractivity contribution >= 4 is 5.91 Å². The number of amides is 1. The van der Waals surface area contributed by atoms with E-state index in [9.17, 15) is 4.79 Å². The highest BCUT2D eigenvalue weighted by Gasteiger charge is 2.21. The molecule has 0 radical (unpaired) electrons. The van der Waals surface area contributed by atoms with Gasteiger partial charge in [0.2, 0.25) is 5.91 Å². The lowest BCUT2D eigenvalue weighted by molar-refractivity contribution is -0.135. The van der Waals surface area contributed by atoms with Crippen LogP contribution < -0.4 is 5.73 Å². The molecule has 0 bridgehead atoms. The van der Waals surface area contributed by atoms with E-state index < -0.39 is 6.04 Å². The Morgan fingerprint density at radius 3 is 1.90 bits per heavy atom. The number of hydrogen-bond donors (Lipinski definition) is 1. The minimum Gasteiger partial charge on any atom is -0.377 e. The van der Waals surface area contributed by atoms with Gasteiger partial charge in [0.05, 0.1) is 45.7 Å². The van der Waals surface area contributed by atoms with Gasteiger partial charge in [0.1, 0.15) is 0 Å². The van der Waals surface area contributed by atoms with Crippen LogP contribution in [-0.2, 0) is 19.0 Å². The molecule has 1 aliphatic rings. The number of carbonyl (C=O) groups excluding carboxylic acids is 1. The van der Waals surface area contributed by atoms with Gasteiger partial charge in [0, 0.05) is 13.1 Å². The summed E-state index contributed by atoms with van der Waals surface area (Å²) in [5.74, 6) is 0.394. The molecule has 0 aromatic rings. The molecule has 0 aromatic carbocycles. The summed E-state index contributed by atoms with van der Waals surface area (Å²) < 4.78 is 16.2. The standard InChI is InChI=1S/C14H28N2O4/c1-12(2)11-13(15)14(17)16-3-5-18-7-9-20-10-8-19-6-4-16/h12-13H,3-11,15H2,1-2H3/t13-/m0/s1. The zero-order chi connectivity index (χ0) is 14.8. The summed E-state index contributed by atoms with van der Waals surface area (Å²) >= 11 is 0. The summed E-state index contributed by atoms with van der Waals surface area (Å²) in [5, 5.41) is 0. The van der Waals surface area contributed by atoms with E-state index in [0.717, 1.165) is 0 Å². The summed E-state index contributed by atoms with van der Waals surface area (Å²) in [6.45, 7) is 8.44. The first-order chi connectivity index (χ1) is 9.61. The van der Waals surface area contributed by atoms with Gasteiger partial charge < -0.3 is 24.8 Å². The summed E-state index contributed by atoms with van der Waals surface area (Å²) in [6, 6.07) is -0.439. The number of nitrogens with two attached hydrogens (primary N) is 1. The third kappa shape index (κ3) is 7.19. The van der Waals surface area contributed by atoms with Crippen LogP contribution in [0.1, 0.15) is 20.3 Å². The summed E-state index contributed by atoms with van der Waals surface area (Å²) in [4.78, 5) is 14.1. The van der Waals surface area contributed by atoms with Gasteiger partial charge in [0.15, 0.2) is 0 Å². The maximum atomic E-state index is 12.3. The zero-order valence-corrected chi connectivity index (χ0v) is 12.7. The quantitative estimate of drug-likeness (QED) is 0.806. The normalized spacial score (nSPS) is 21.1. The van der Waals surface area contributed by atoms with E-state index >= 15 is 0 Å². The predicted octanol–water partition coefficient (Wildman–Crippen LogP) is 0.252. The van der Waals surface area contributed by atoms with E-state index in [1.165, 1.54) is 0 Å². The van der Waals surface area contributed by atoms with Gasteiger partial charge in [-0.05, 0) is 12.3 Å². The van der Waals surface area contributed by atoms with E-state index in [4.69, 9.17) is 19.9 Å². The van der Waals surface area contributed by atoms with Crippen molar-refractivity contribution in [1.29, 1.82) is 0 Å². The molecule has 0 spiro atoms. The lowest BCUT2D eigenvalue weighted by atomic mass is 10.0. The van der Waals surface area contributed by atoms with E-state index in [0.29, 0.717) is 65.1 Å². The highest BCUT2D eigenvalue weighted by Crippen LogP contribution is 2.06. The Morgan fingerprint density at radius 2 is 1.45 bits per heavy atom. The molecular weight excluding hydrogens is 260 g/mol. The summed E-state index contributed by atoms with van der Waals surface area (Å²) in [5.41, 5.74) is 5.97. The molecule has 1 amide bonds. The highest BCUT2D eigenvalue weighted by atomic mass is 16.5. The monoisotopic (exact) mass is 288 g/mol. The fraction of sp³-hybridized carbons (Fsp3) is 0.929. The van der Waals surface area contributed by atoms with Crippen LogP contribution in [0.3, 0.4) is 0 Å². The molecule has 6 nitrogen and oxygen atoms in total. The molecule has 0 aromatic heterocycles. The SMILES string of the molecule is CC(C)C[C@H](N)C(=O)N1CCOCCOCCOCC1. The Morgan fingerprint density at radius 1 is 1.00 bits per heavy atom. The Balaban J connectivity index is 2.46. The topological polar surface area (TPSA) is 74.0 Å². The second-order valence-electron chi connectivity index (χ2n) is 5.40. The number of hydrogen-bond acceptors (Lipinski definition) is 5. The third-order valence-electron chi connectivity index (χ3n) is 3.11.